The van der Waals surface area contributed by atoms with E-state index in [1.54, 1.807) is 34.7 Å². The second-order valence-corrected chi connectivity index (χ2v) is 8.53. The zero-order valence-electron chi connectivity index (χ0n) is 14.5. The van der Waals surface area contributed by atoms with Crippen molar-refractivity contribution in [2.24, 2.45) is 5.84 Å². The Bertz CT molecular complexity index is 1110. The first-order chi connectivity index (χ1) is 14.2. The van der Waals surface area contributed by atoms with Crippen molar-refractivity contribution in [3.63, 3.8) is 0 Å². The Labute approximate surface area is 208 Å². The maximum Gasteiger partial charge on any atom is 0.228 e. The largest absolute Gasteiger partial charge is 0.307 e. The highest BCUT2D eigenvalue weighted by molar-refractivity contribution is 14.1. The third-order valence-electron chi connectivity index (χ3n) is 3.08. The summed E-state index contributed by atoms with van der Waals surface area (Å²) in [7, 11) is 0. The van der Waals surface area contributed by atoms with Crippen molar-refractivity contribution in [2.45, 2.75) is 0 Å². The van der Waals surface area contributed by atoms with Crippen molar-refractivity contribution >= 4 is 79.2 Å². The van der Waals surface area contributed by atoms with Gasteiger partial charge in [0.05, 0.1) is 10.7 Å². The van der Waals surface area contributed by atoms with Gasteiger partial charge in [-0.1, -0.05) is 0 Å². The van der Waals surface area contributed by atoms with E-state index < -0.39 is 17.8 Å². The SMILES string of the molecule is Fc1ccc(I)c(F)n1.Fc1ccc(I)c2nncn12.NNc1nc(F)ccc1I. The molecule has 4 heterocycles. The minimum absolute atomic E-state index is 0.328. The van der Waals surface area contributed by atoms with Gasteiger partial charge in [0.1, 0.15) is 6.33 Å². The molecule has 0 saturated carbocycles. The van der Waals surface area contributed by atoms with E-state index >= 15 is 0 Å². The summed E-state index contributed by atoms with van der Waals surface area (Å²) in [6.45, 7) is 0. The number of rotatable bonds is 1. The normalized spacial score (nSPS) is 10.0. The molecule has 0 aromatic carbocycles. The number of nitrogen functional groups attached to an aromatic ring is 1. The average Bonchev–Trinajstić information content (AvgIpc) is 3.22. The molecule has 0 radical (unpaired) electrons. The lowest BCUT2D eigenvalue weighted by Crippen LogP contribution is -2.10. The first-order valence-corrected chi connectivity index (χ1v) is 10.9. The van der Waals surface area contributed by atoms with Gasteiger partial charge in [0.25, 0.3) is 0 Å². The molecule has 14 heteroatoms. The summed E-state index contributed by atoms with van der Waals surface area (Å²) in [6.07, 6.45) is 1.35. The van der Waals surface area contributed by atoms with Crippen LogP contribution >= 0.6 is 67.8 Å². The Balaban J connectivity index is 0.000000161. The van der Waals surface area contributed by atoms with Gasteiger partial charge in [0, 0.05) is 0 Å². The van der Waals surface area contributed by atoms with Gasteiger partial charge in [0.15, 0.2) is 11.5 Å². The van der Waals surface area contributed by atoms with Crippen LogP contribution in [0.25, 0.3) is 5.65 Å². The molecule has 0 amide bonds. The van der Waals surface area contributed by atoms with Crippen molar-refractivity contribution in [1.82, 2.24) is 24.6 Å². The van der Waals surface area contributed by atoms with Crippen LogP contribution in [0, 0.1) is 34.5 Å². The van der Waals surface area contributed by atoms with Crippen LogP contribution in [0.5, 0.6) is 0 Å². The molecule has 4 rings (SSSR count). The third kappa shape index (κ3) is 7.08. The lowest BCUT2D eigenvalue weighted by Gasteiger charge is -1.99. The van der Waals surface area contributed by atoms with Crippen LogP contribution in [0.15, 0.2) is 42.7 Å². The second-order valence-electron chi connectivity index (χ2n) is 5.04. The molecule has 4 aromatic rings. The van der Waals surface area contributed by atoms with Crippen molar-refractivity contribution in [3.8, 4) is 0 Å². The quantitative estimate of drug-likeness (QED) is 0.0975. The number of hydrogen-bond donors (Lipinski definition) is 2. The summed E-state index contributed by atoms with van der Waals surface area (Å²) in [6, 6.07) is 8.38. The van der Waals surface area contributed by atoms with E-state index in [0.717, 1.165) is 13.2 Å². The Morgan fingerprint density at radius 2 is 1.40 bits per heavy atom. The molecule has 30 heavy (non-hydrogen) atoms. The number of nitrogens with zero attached hydrogens (tertiary/aromatic N) is 5. The van der Waals surface area contributed by atoms with Crippen LogP contribution in [0.3, 0.4) is 0 Å². The first-order valence-electron chi connectivity index (χ1n) is 7.63. The monoisotopic (exact) mass is 757 g/mol. The van der Waals surface area contributed by atoms with Gasteiger partial charge in [0.2, 0.25) is 23.8 Å². The number of pyridine rings is 3. The Morgan fingerprint density at radius 3 is 1.93 bits per heavy atom. The number of halogens is 7. The van der Waals surface area contributed by atoms with E-state index in [0.29, 0.717) is 15.0 Å². The van der Waals surface area contributed by atoms with E-state index in [9.17, 15) is 17.6 Å². The molecule has 0 fully saturated rings. The maximum absolute atomic E-state index is 12.9. The predicted octanol–water partition coefficient (Wildman–Crippen LogP) is 4.55. The summed E-state index contributed by atoms with van der Waals surface area (Å²) < 4.78 is 52.7. The highest BCUT2D eigenvalue weighted by Crippen LogP contribution is 2.13. The summed E-state index contributed by atoms with van der Waals surface area (Å²) in [5.74, 6) is 2.98. The highest BCUT2D eigenvalue weighted by Gasteiger charge is 2.03. The standard InChI is InChI=1S/C6H3FIN3.C5H2F2IN.C5H5FIN3/c7-5-2-1-4(8)6-10-9-3-11(5)6;6-4-2-1-3(8)5(7)9-4;6-4-2-1-3(7)5(9-4)10-8/h1-3H;1-2H;1-2H,8H2,(H,9,10). The van der Waals surface area contributed by atoms with Gasteiger partial charge in [-0.25, -0.2) is 10.8 Å². The third-order valence-corrected chi connectivity index (χ3v) is 5.59. The second kappa shape index (κ2) is 11.8. The molecule has 0 saturated heterocycles. The summed E-state index contributed by atoms with van der Waals surface area (Å²) >= 11 is 5.82. The van der Waals surface area contributed by atoms with Crippen molar-refractivity contribution in [2.75, 3.05) is 5.43 Å². The van der Waals surface area contributed by atoms with Gasteiger partial charge < -0.3 is 5.43 Å². The van der Waals surface area contributed by atoms with Crippen molar-refractivity contribution in [1.29, 1.82) is 0 Å². The van der Waals surface area contributed by atoms with Crippen LogP contribution < -0.4 is 11.3 Å². The number of fused-ring (bicyclic) bond motifs is 1. The molecule has 7 nitrogen and oxygen atoms in total. The smallest absolute Gasteiger partial charge is 0.228 e. The summed E-state index contributed by atoms with van der Waals surface area (Å²) in [4.78, 5) is 6.41. The fraction of sp³-hybridized carbons (Fsp3) is 0. The zero-order valence-corrected chi connectivity index (χ0v) is 21.0. The molecule has 3 N–H and O–H groups in total. The molecule has 0 unspecified atom stereocenters. The van der Waals surface area contributed by atoms with Gasteiger partial charge in [-0.2, -0.15) is 22.5 Å². The minimum atomic E-state index is -0.784. The first kappa shape index (κ1) is 24.9. The van der Waals surface area contributed by atoms with Crippen LogP contribution in [0.2, 0.25) is 0 Å². The van der Waals surface area contributed by atoms with Crippen LogP contribution in [-0.2, 0) is 0 Å². The van der Waals surface area contributed by atoms with Crippen LogP contribution in [0.1, 0.15) is 0 Å². The number of nitrogens with one attached hydrogen (secondary N) is 1. The van der Waals surface area contributed by atoms with E-state index in [-0.39, 0.29) is 5.95 Å². The number of hydrazine groups is 1. The van der Waals surface area contributed by atoms with Crippen molar-refractivity contribution in [3.05, 3.63) is 77.2 Å². The Hall–Kier alpha value is -1.41. The van der Waals surface area contributed by atoms with E-state index in [1.165, 1.54) is 28.9 Å². The fourth-order valence-electron chi connectivity index (χ4n) is 1.77. The molecular formula is C16H10F4I3N7. The van der Waals surface area contributed by atoms with Gasteiger partial charge in [-0.15, -0.1) is 10.2 Å². The average molecular weight is 757 g/mol. The molecule has 0 bridgehead atoms. The highest BCUT2D eigenvalue weighted by atomic mass is 127. The number of nitrogens with two attached hydrogens (primary N) is 1. The maximum atomic E-state index is 12.9. The molecule has 0 aliphatic rings. The number of aromatic nitrogens is 5. The van der Waals surface area contributed by atoms with Crippen molar-refractivity contribution < 1.29 is 17.6 Å². The van der Waals surface area contributed by atoms with E-state index in [4.69, 9.17) is 5.84 Å². The predicted molar refractivity (Wildman–Crippen MR) is 127 cm³/mol. The fourth-order valence-corrected chi connectivity index (χ4v) is 3.07. The number of hydrogen-bond acceptors (Lipinski definition) is 6. The molecule has 0 atom stereocenters. The van der Waals surface area contributed by atoms with Crippen LogP contribution in [0.4, 0.5) is 23.4 Å². The van der Waals surface area contributed by atoms with E-state index in [1.807, 2.05) is 22.6 Å². The molecule has 158 valence electrons. The Morgan fingerprint density at radius 1 is 0.800 bits per heavy atom. The number of anilines is 1. The van der Waals surface area contributed by atoms with Gasteiger partial charge in [-0.3, -0.25) is 4.40 Å². The minimum Gasteiger partial charge on any atom is -0.307 e. The van der Waals surface area contributed by atoms with Gasteiger partial charge in [-0.05, 0) is 104 Å². The summed E-state index contributed by atoms with van der Waals surface area (Å²) in [5, 5.41) is 7.34. The zero-order chi connectivity index (χ0) is 22.3. The van der Waals surface area contributed by atoms with Crippen LogP contribution in [-0.4, -0.2) is 24.6 Å². The molecule has 4 aromatic heterocycles. The molecular weight excluding hydrogens is 747 g/mol. The Kier molecular flexibility index (Phi) is 9.81. The lowest BCUT2D eigenvalue weighted by molar-refractivity contribution is 0.508. The molecule has 0 spiro atoms. The summed E-state index contributed by atoms with van der Waals surface area (Å²) in [5.41, 5.74) is 2.84. The topological polar surface area (TPSA) is 94.0 Å². The molecule has 0 aliphatic carbocycles. The molecule has 0 aliphatic heterocycles. The van der Waals surface area contributed by atoms with E-state index in [2.05, 4.69) is 48.2 Å². The van der Waals surface area contributed by atoms with Gasteiger partial charge >= 0.3 is 0 Å². The lowest BCUT2D eigenvalue weighted by atomic mass is 10.5.